The first-order chi connectivity index (χ1) is 10.1. The molecule has 0 aliphatic rings. The number of amides is 1. The molecule has 1 amide bonds. The molecule has 0 unspecified atom stereocenters. The molecule has 2 rings (SSSR count). The van der Waals surface area contributed by atoms with Crippen molar-refractivity contribution in [1.29, 1.82) is 0 Å². The first-order valence-electron chi connectivity index (χ1n) is 7.27. The standard InChI is InChI=1S/C16H22N4O/c1-4-19(5-2)15-8-6-14(7-9-15)17-16(21)12-20-11-10-13(3)18-20/h6-11H,4-5,12H2,1-3H3,(H,17,21). The van der Waals surface area contributed by atoms with Crippen molar-refractivity contribution in [2.45, 2.75) is 27.3 Å². The summed E-state index contributed by atoms with van der Waals surface area (Å²) in [6.07, 6.45) is 1.80. The first-order valence-corrected chi connectivity index (χ1v) is 7.27. The van der Waals surface area contributed by atoms with Crippen molar-refractivity contribution in [1.82, 2.24) is 9.78 Å². The highest BCUT2D eigenvalue weighted by molar-refractivity contribution is 5.90. The second-order valence-electron chi connectivity index (χ2n) is 4.92. The van der Waals surface area contributed by atoms with Crippen molar-refractivity contribution in [3.63, 3.8) is 0 Å². The van der Waals surface area contributed by atoms with Gasteiger partial charge in [-0.15, -0.1) is 0 Å². The van der Waals surface area contributed by atoms with Crippen molar-refractivity contribution >= 4 is 17.3 Å². The minimum Gasteiger partial charge on any atom is -0.372 e. The molecule has 1 aromatic heterocycles. The van der Waals surface area contributed by atoms with E-state index in [9.17, 15) is 4.79 Å². The summed E-state index contributed by atoms with van der Waals surface area (Å²) in [5.74, 6) is -0.0753. The third-order valence-corrected chi connectivity index (χ3v) is 3.36. The van der Waals surface area contributed by atoms with E-state index in [0.29, 0.717) is 0 Å². The van der Waals surface area contributed by atoms with E-state index in [4.69, 9.17) is 0 Å². The number of nitrogens with zero attached hydrogens (tertiary/aromatic N) is 3. The van der Waals surface area contributed by atoms with Gasteiger partial charge in [0.2, 0.25) is 5.91 Å². The summed E-state index contributed by atoms with van der Waals surface area (Å²) >= 11 is 0. The molecule has 0 atom stereocenters. The van der Waals surface area contributed by atoms with Gasteiger partial charge in [0.1, 0.15) is 6.54 Å². The number of carbonyl (C=O) groups excluding carboxylic acids is 1. The Hall–Kier alpha value is -2.30. The van der Waals surface area contributed by atoms with Gasteiger partial charge in [-0.25, -0.2) is 0 Å². The summed E-state index contributed by atoms with van der Waals surface area (Å²) in [4.78, 5) is 14.2. The molecule has 0 saturated heterocycles. The maximum Gasteiger partial charge on any atom is 0.246 e. The maximum absolute atomic E-state index is 11.9. The predicted octanol–water partition coefficient (Wildman–Crippen LogP) is 2.68. The van der Waals surface area contributed by atoms with E-state index in [0.717, 1.165) is 24.5 Å². The lowest BCUT2D eigenvalue weighted by molar-refractivity contribution is -0.116. The van der Waals surface area contributed by atoms with Gasteiger partial charge in [-0.05, 0) is 51.1 Å². The van der Waals surface area contributed by atoms with Crippen LogP contribution in [-0.4, -0.2) is 28.8 Å². The zero-order valence-corrected chi connectivity index (χ0v) is 12.8. The highest BCUT2D eigenvalue weighted by Gasteiger charge is 2.06. The summed E-state index contributed by atoms with van der Waals surface area (Å²) < 4.78 is 1.63. The molecule has 0 saturated carbocycles. The summed E-state index contributed by atoms with van der Waals surface area (Å²) in [5, 5.41) is 7.08. The molecule has 0 bridgehead atoms. The number of aromatic nitrogens is 2. The van der Waals surface area contributed by atoms with Gasteiger partial charge >= 0.3 is 0 Å². The molecule has 0 aliphatic heterocycles. The first kappa shape index (κ1) is 15.1. The van der Waals surface area contributed by atoms with Crippen LogP contribution in [0.2, 0.25) is 0 Å². The van der Waals surface area contributed by atoms with E-state index in [1.54, 1.807) is 10.9 Å². The minimum absolute atomic E-state index is 0.0753. The fourth-order valence-electron chi connectivity index (χ4n) is 2.24. The highest BCUT2D eigenvalue weighted by atomic mass is 16.2. The smallest absolute Gasteiger partial charge is 0.246 e. The number of rotatable bonds is 6. The van der Waals surface area contributed by atoms with Crippen molar-refractivity contribution in [3.8, 4) is 0 Å². The van der Waals surface area contributed by atoms with Gasteiger partial charge in [-0.3, -0.25) is 9.48 Å². The van der Waals surface area contributed by atoms with Crippen molar-refractivity contribution in [2.24, 2.45) is 0 Å². The van der Waals surface area contributed by atoms with Gasteiger partial charge in [0.25, 0.3) is 0 Å². The summed E-state index contributed by atoms with van der Waals surface area (Å²) in [7, 11) is 0. The molecule has 21 heavy (non-hydrogen) atoms. The quantitative estimate of drug-likeness (QED) is 0.888. The van der Waals surface area contributed by atoms with Crippen LogP contribution in [0.1, 0.15) is 19.5 Å². The Morgan fingerprint density at radius 2 is 1.86 bits per heavy atom. The Bertz CT molecular complexity index is 585. The van der Waals surface area contributed by atoms with Crippen LogP contribution in [-0.2, 0) is 11.3 Å². The van der Waals surface area contributed by atoms with Crippen LogP contribution < -0.4 is 10.2 Å². The third kappa shape index (κ3) is 4.08. The molecule has 5 nitrogen and oxygen atoms in total. The lowest BCUT2D eigenvalue weighted by Crippen LogP contribution is -2.22. The highest BCUT2D eigenvalue weighted by Crippen LogP contribution is 2.17. The van der Waals surface area contributed by atoms with Crippen LogP contribution in [0, 0.1) is 6.92 Å². The second-order valence-corrected chi connectivity index (χ2v) is 4.92. The molecule has 5 heteroatoms. The molecule has 0 radical (unpaired) electrons. The van der Waals surface area contributed by atoms with Gasteiger partial charge in [-0.1, -0.05) is 0 Å². The second kappa shape index (κ2) is 6.92. The van der Waals surface area contributed by atoms with Crippen LogP contribution in [0.25, 0.3) is 0 Å². The lowest BCUT2D eigenvalue weighted by Gasteiger charge is -2.21. The van der Waals surface area contributed by atoms with Crippen molar-refractivity contribution in [2.75, 3.05) is 23.3 Å². The lowest BCUT2D eigenvalue weighted by atomic mass is 10.2. The molecule has 0 aliphatic carbocycles. The zero-order chi connectivity index (χ0) is 15.2. The third-order valence-electron chi connectivity index (χ3n) is 3.36. The van der Waals surface area contributed by atoms with E-state index in [1.165, 1.54) is 5.69 Å². The summed E-state index contributed by atoms with van der Waals surface area (Å²) in [5.41, 5.74) is 2.88. The van der Waals surface area contributed by atoms with Gasteiger partial charge in [0.15, 0.2) is 0 Å². The van der Waals surface area contributed by atoms with Crippen LogP contribution >= 0.6 is 0 Å². The number of benzene rings is 1. The van der Waals surface area contributed by atoms with Gasteiger partial charge in [0, 0.05) is 30.7 Å². The van der Waals surface area contributed by atoms with Gasteiger partial charge < -0.3 is 10.2 Å². The fraction of sp³-hybridized carbons (Fsp3) is 0.375. The van der Waals surface area contributed by atoms with Crippen LogP contribution in [0.4, 0.5) is 11.4 Å². The average molecular weight is 286 g/mol. The molecular weight excluding hydrogens is 264 g/mol. The van der Waals surface area contributed by atoms with Crippen LogP contribution in [0.5, 0.6) is 0 Å². The molecule has 2 aromatic rings. The minimum atomic E-state index is -0.0753. The Morgan fingerprint density at radius 1 is 1.19 bits per heavy atom. The molecule has 1 heterocycles. The monoisotopic (exact) mass is 286 g/mol. The Morgan fingerprint density at radius 3 is 2.38 bits per heavy atom. The molecule has 1 N–H and O–H groups in total. The van der Waals surface area contributed by atoms with Crippen molar-refractivity contribution in [3.05, 3.63) is 42.2 Å². The van der Waals surface area contributed by atoms with Gasteiger partial charge in [-0.2, -0.15) is 5.10 Å². The zero-order valence-electron chi connectivity index (χ0n) is 12.8. The average Bonchev–Trinajstić information content (AvgIpc) is 2.87. The van der Waals surface area contributed by atoms with E-state index in [1.807, 2.05) is 37.3 Å². The number of aryl methyl sites for hydroxylation is 1. The molecule has 0 fully saturated rings. The fourth-order valence-corrected chi connectivity index (χ4v) is 2.24. The van der Waals surface area contributed by atoms with E-state index in [-0.39, 0.29) is 12.5 Å². The molecule has 112 valence electrons. The molecule has 0 spiro atoms. The Labute approximate surface area is 125 Å². The van der Waals surface area contributed by atoms with Crippen LogP contribution in [0.3, 0.4) is 0 Å². The molecular formula is C16H22N4O. The van der Waals surface area contributed by atoms with Crippen molar-refractivity contribution < 1.29 is 4.79 Å². The number of hydrogen-bond acceptors (Lipinski definition) is 3. The summed E-state index contributed by atoms with van der Waals surface area (Å²) in [6.45, 7) is 8.34. The number of nitrogens with one attached hydrogen (secondary N) is 1. The van der Waals surface area contributed by atoms with E-state index in [2.05, 4.69) is 29.2 Å². The topological polar surface area (TPSA) is 50.2 Å². The largest absolute Gasteiger partial charge is 0.372 e. The summed E-state index contributed by atoms with van der Waals surface area (Å²) in [6, 6.07) is 9.80. The number of anilines is 2. The van der Waals surface area contributed by atoms with Crippen LogP contribution in [0.15, 0.2) is 36.5 Å². The predicted molar refractivity (Wildman–Crippen MR) is 85.6 cm³/mol. The number of carbonyl (C=O) groups is 1. The van der Waals surface area contributed by atoms with E-state index < -0.39 is 0 Å². The maximum atomic E-state index is 11.9. The Kier molecular flexibility index (Phi) is 4.98. The van der Waals surface area contributed by atoms with E-state index >= 15 is 0 Å². The normalized spacial score (nSPS) is 10.4. The van der Waals surface area contributed by atoms with Gasteiger partial charge in [0.05, 0.1) is 5.69 Å². The molecule has 1 aromatic carbocycles. The Balaban J connectivity index is 1.95. The number of hydrogen-bond donors (Lipinski definition) is 1. The SMILES string of the molecule is CCN(CC)c1ccc(NC(=O)Cn2ccc(C)n2)cc1.